The lowest BCUT2D eigenvalue weighted by molar-refractivity contribution is -0.116. The fourth-order valence-corrected chi connectivity index (χ4v) is 4.07. The molecule has 1 aliphatic heterocycles. The summed E-state index contributed by atoms with van der Waals surface area (Å²) in [6.45, 7) is 1.89. The minimum absolute atomic E-state index is 0.0532. The summed E-state index contributed by atoms with van der Waals surface area (Å²) >= 11 is 0. The summed E-state index contributed by atoms with van der Waals surface area (Å²) in [6.07, 6.45) is 0.125. The number of carbonyl (C=O) groups excluding carboxylic acids is 2. The molecule has 5 rings (SSSR count). The molecule has 1 atom stereocenters. The highest BCUT2D eigenvalue weighted by molar-refractivity contribution is 6.09. The Bertz CT molecular complexity index is 1260. The van der Waals surface area contributed by atoms with Gasteiger partial charge in [0, 0.05) is 17.5 Å². The van der Waals surface area contributed by atoms with E-state index in [1.54, 1.807) is 4.68 Å². The maximum atomic E-state index is 13.4. The molecule has 0 bridgehead atoms. The van der Waals surface area contributed by atoms with Gasteiger partial charge in [0.05, 0.1) is 17.3 Å². The molecule has 5 heteroatoms. The Morgan fingerprint density at radius 1 is 1.00 bits per heavy atom. The molecule has 4 aromatic rings. The fourth-order valence-electron chi connectivity index (χ4n) is 4.07. The molecule has 1 amide bonds. The van der Waals surface area contributed by atoms with Crippen molar-refractivity contribution in [2.75, 3.05) is 5.32 Å². The van der Waals surface area contributed by atoms with Gasteiger partial charge in [0.1, 0.15) is 5.82 Å². The number of benzene rings is 3. The second kappa shape index (κ2) is 6.71. The predicted octanol–water partition coefficient (Wildman–Crippen LogP) is 4.64. The van der Waals surface area contributed by atoms with Gasteiger partial charge >= 0.3 is 0 Å². The van der Waals surface area contributed by atoms with Crippen LogP contribution in [0.1, 0.15) is 34.0 Å². The van der Waals surface area contributed by atoms with E-state index in [2.05, 4.69) is 10.4 Å². The van der Waals surface area contributed by atoms with Crippen molar-refractivity contribution in [3.05, 3.63) is 89.6 Å². The largest absolute Gasteiger partial charge is 0.310 e. The van der Waals surface area contributed by atoms with Crippen LogP contribution in [-0.2, 0) is 4.79 Å². The molecule has 3 aromatic carbocycles. The van der Waals surface area contributed by atoms with Gasteiger partial charge in [0.15, 0.2) is 5.78 Å². The molecule has 1 unspecified atom stereocenters. The van der Waals surface area contributed by atoms with E-state index >= 15 is 0 Å². The lowest BCUT2D eigenvalue weighted by atomic mass is 9.85. The summed E-state index contributed by atoms with van der Waals surface area (Å²) in [4.78, 5) is 25.9. The number of nitrogens with one attached hydrogen (secondary N) is 1. The van der Waals surface area contributed by atoms with E-state index < -0.39 is 5.92 Å². The number of anilines is 1. The monoisotopic (exact) mass is 381 g/mol. The van der Waals surface area contributed by atoms with Crippen LogP contribution in [0.4, 0.5) is 5.82 Å². The number of carbonyl (C=O) groups is 2. The normalized spacial score (nSPS) is 15.8. The van der Waals surface area contributed by atoms with Crippen molar-refractivity contribution < 1.29 is 9.59 Å². The Balaban J connectivity index is 1.61. The van der Waals surface area contributed by atoms with Crippen molar-refractivity contribution >= 4 is 28.3 Å². The number of Topliss-reactive ketones (excluding diaryl/α,β-unsaturated/α-hetero) is 1. The Morgan fingerprint density at radius 2 is 1.72 bits per heavy atom. The molecule has 1 aromatic heterocycles. The third kappa shape index (κ3) is 2.91. The summed E-state index contributed by atoms with van der Waals surface area (Å²) in [5.74, 6) is -0.183. The highest BCUT2D eigenvalue weighted by Crippen LogP contribution is 2.38. The second-order valence-electron chi connectivity index (χ2n) is 7.33. The quantitative estimate of drug-likeness (QED) is 0.526. The van der Waals surface area contributed by atoms with Crippen LogP contribution in [0.5, 0.6) is 0 Å². The van der Waals surface area contributed by atoms with Crippen molar-refractivity contribution in [2.45, 2.75) is 19.3 Å². The number of fused-ring (bicyclic) bond motifs is 2. The summed E-state index contributed by atoms with van der Waals surface area (Å²) in [5, 5.41) is 9.64. The first-order valence-electron chi connectivity index (χ1n) is 9.59. The zero-order valence-corrected chi connectivity index (χ0v) is 15.9. The molecule has 2 heterocycles. The highest BCUT2D eigenvalue weighted by atomic mass is 16.2. The van der Waals surface area contributed by atoms with Crippen LogP contribution >= 0.6 is 0 Å². The molecule has 1 aliphatic rings. The number of hydrogen-bond donors (Lipinski definition) is 1. The van der Waals surface area contributed by atoms with Crippen LogP contribution in [0.25, 0.3) is 16.5 Å². The fraction of sp³-hybridized carbons (Fsp3) is 0.125. The number of amides is 1. The van der Waals surface area contributed by atoms with Gasteiger partial charge in [-0.05, 0) is 35.9 Å². The molecule has 0 radical (unpaired) electrons. The van der Waals surface area contributed by atoms with E-state index in [9.17, 15) is 9.59 Å². The van der Waals surface area contributed by atoms with Gasteiger partial charge in [-0.3, -0.25) is 9.59 Å². The predicted molar refractivity (Wildman–Crippen MR) is 113 cm³/mol. The van der Waals surface area contributed by atoms with Crippen molar-refractivity contribution in [3.8, 4) is 5.69 Å². The maximum Gasteiger partial charge on any atom is 0.226 e. The summed E-state index contributed by atoms with van der Waals surface area (Å²) in [7, 11) is 0. The van der Waals surface area contributed by atoms with E-state index in [0.717, 1.165) is 27.7 Å². The molecular weight excluding hydrogens is 362 g/mol. The number of aryl methyl sites for hydroxylation is 1. The minimum atomic E-state index is -0.544. The molecule has 142 valence electrons. The number of hydrogen-bond acceptors (Lipinski definition) is 3. The molecule has 29 heavy (non-hydrogen) atoms. The van der Waals surface area contributed by atoms with Crippen LogP contribution < -0.4 is 5.32 Å². The standard InChI is InChI=1S/C24H19N3O2/c1-15-22-20(23(29)18-12-11-16-7-5-6-8-17(16)13-18)14-21(28)25-24(22)27(26-15)19-9-3-2-4-10-19/h2-13,20H,14H2,1H3,(H,25,28). The highest BCUT2D eigenvalue weighted by Gasteiger charge is 2.36. The third-order valence-corrected chi connectivity index (χ3v) is 5.45. The van der Waals surface area contributed by atoms with Crippen LogP contribution in [-0.4, -0.2) is 21.5 Å². The number of rotatable bonds is 3. The van der Waals surface area contributed by atoms with Crippen molar-refractivity contribution in [1.82, 2.24) is 9.78 Å². The molecule has 0 spiro atoms. The smallest absolute Gasteiger partial charge is 0.226 e. The Hall–Kier alpha value is -3.73. The first-order valence-corrected chi connectivity index (χ1v) is 9.59. The van der Waals surface area contributed by atoms with Crippen LogP contribution in [0, 0.1) is 6.92 Å². The van der Waals surface area contributed by atoms with Crippen molar-refractivity contribution in [3.63, 3.8) is 0 Å². The molecule has 1 N–H and O–H groups in total. The Kier molecular flexibility index (Phi) is 4.02. The molecule has 0 saturated carbocycles. The van der Waals surface area contributed by atoms with Crippen LogP contribution in [0.15, 0.2) is 72.8 Å². The van der Waals surface area contributed by atoms with Crippen molar-refractivity contribution in [1.29, 1.82) is 0 Å². The molecule has 0 aliphatic carbocycles. The first-order chi connectivity index (χ1) is 14.1. The van der Waals surface area contributed by atoms with Crippen LogP contribution in [0.2, 0.25) is 0 Å². The van der Waals surface area contributed by atoms with Gasteiger partial charge < -0.3 is 5.32 Å². The van der Waals surface area contributed by atoms with E-state index in [1.807, 2.05) is 79.7 Å². The van der Waals surface area contributed by atoms with Gasteiger partial charge in [-0.15, -0.1) is 0 Å². The van der Waals surface area contributed by atoms with E-state index in [1.165, 1.54) is 0 Å². The summed E-state index contributed by atoms with van der Waals surface area (Å²) in [5.41, 5.74) is 3.01. The van der Waals surface area contributed by atoms with Gasteiger partial charge in [-0.25, -0.2) is 4.68 Å². The van der Waals surface area contributed by atoms with Gasteiger partial charge in [0.2, 0.25) is 5.91 Å². The molecule has 0 fully saturated rings. The summed E-state index contributed by atoms with van der Waals surface area (Å²) in [6, 6.07) is 23.2. The van der Waals surface area contributed by atoms with E-state index in [-0.39, 0.29) is 18.1 Å². The van der Waals surface area contributed by atoms with E-state index in [0.29, 0.717) is 11.4 Å². The zero-order chi connectivity index (χ0) is 20.0. The Morgan fingerprint density at radius 3 is 2.52 bits per heavy atom. The molecule has 0 saturated heterocycles. The minimum Gasteiger partial charge on any atom is -0.310 e. The number of para-hydroxylation sites is 1. The Labute approximate surface area is 168 Å². The van der Waals surface area contributed by atoms with Gasteiger partial charge in [-0.1, -0.05) is 54.6 Å². The topological polar surface area (TPSA) is 64.0 Å². The average Bonchev–Trinajstić information content (AvgIpc) is 3.09. The second-order valence-corrected chi connectivity index (χ2v) is 7.33. The SMILES string of the molecule is Cc1nn(-c2ccccc2)c2c1C(C(=O)c1ccc3ccccc3c1)CC(=O)N2. The molecular formula is C24H19N3O2. The van der Waals surface area contributed by atoms with Crippen LogP contribution in [0.3, 0.4) is 0 Å². The summed E-state index contributed by atoms with van der Waals surface area (Å²) < 4.78 is 1.71. The lowest BCUT2D eigenvalue weighted by Gasteiger charge is -2.23. The van der Waals surface area contributed by atoms with E-state index in [4.69, 9.17) is 0 Å². The number of nitrogens with zero attached hydrogens (tertiary/aromatic N) is 2. The maximum absolute atomic E-state index is 13.4. The average molecular weight is 381 g/mol. The lowest BCUT2D eigenvalue weighted by Crippen LogP contribution is -2.28. The number of ketones is 1. The first kappa shape index (κ1) is 17.4. The zero-order valence-electron chi connectivity index (χ0n) is 15.9. The molecule has 5 nitrogen and oxygen atoms in total. The third-order valence-electron chi connectivity index (χ3n) is 5.45. The van der Waals surface area contributed by atoms with Crippen molar-refractivity contribution in [2.24, 2.45) is 0 Å². The van der Waals surface area contributed by atoms with Gasteiger partial charge in [-0.2, -0.15) is 5.10 Å². The van der Waals surface area contributed by atoms with Gasteiger partial charge in [0.25, 0.3) is 0 Å². The number of aromatic nitrogens is 2.